The van der Waals surface area contributed by atoms with Crippen molar-refractivity contribution in [1.82, 2.24) is 10.3 Å². The van der Waals surface area contributed by atoms with E-state index in [9.17, 15) is 9.18 Å². The van der Waals surface area contributed by atoms with Gasteiger partial charge in [0.25, 0.3) is 0 Å². The normalized spacial score (nSPS) is 17.7. The molecule has 0 unspecified atom stereocenters. The lowest BCUT2D eigenvalue weighted by molar-refractivity contribution is -0.121. The number of hydrogen-bond acceptors (Lipinski definition) is 3. The van der Waals surface area contributed by atoms with Crippen LogP contribution >= 0.6 is 0 Å². The molecule has 1 fully saturated rings. The SMILES string of the molecule is O=C1[C@@H](NCc2ccc3ncccc3c2)CCCN1c1ccccc1F. The van der Waals surface area contributed by atoms with Crippen LogP contribution in [-0.4, -0.2) is 23.5 Å². The van der Waals surface area contributed by atoms with Crippen molar-refractivity contribution >= 4 is 22.5 Å². The van der Waals surface area contributed by atoms with E-state index in [1.807, 2.05) is 24.3 Å². The highest BCUT2D eigenvalue weighted by atomic mass is 19.1. The molecule has 4 rings (SSSR count). The number of para-hydroxylation sites is 1. The summed E-state index contributed by atoms with van der Waals surface area (Å²) >= 11 is 0. The van der Waals surface area contributed by atoms with E-state index in [-0.39, 0.29) is 17.8 Å². The molecule has 5 heteroatoms. The first-order valence-electron chi connectivity index (χ1n) is 8.85. The van der Waals surface area contributed by atoms with E-state index >= 15 is 0 Å². The molecule has 1 aromatic heterocycles. The van der Waals surface area contributed by atoms with Crippen LogP contribution in [-0.2, 0) is 11.3 Å². The molecule has 2 aromatic carbocycles. The molecule has 1 atom stereocenters. The molecule has 132 valence electrons. The number of fused-ring (bicyclic) bond motifs is 1. The molecule has 0 aliphatic carbocycles. The fourth-order valence-corrected chi connectivity index (χ4v) is 3.45. The average Bonchev–Trinajstić information content (AvgIpc) is 2.68. The van der Waals surface area contributed by atoms with Crippen LogP contribution < -0.4 is 10.2 Å². The van der Waals surface area contributed by atoms with E-state index in [1.165, 1.54) is 6.07 Å². The minimum Gasteiger partial charge on any atom is -0.308 e. The summed E-state index contributed by atoms with van der Waals surface area (Å²) in [6.07, 6.45) is 3.39. The third-order valence-electron chi connectivity index (χ3n) is 4.80. The highest BCUT2D eigenvalue weighted by Gasteiger charge is 2.30. The lowest BCUT2D eigenvalue weighted by Gasteiger charge is -2.33. The first-order chi connectivity index (χ1) is 12.7. The fourth-order valence-electron chi connectivity index (χ4n) is 3.45. The van der Waals surface area contributed by atoms with Gasteiger partial charge in [0, 0.05) is 24.7 Å². The predicted octanol–water partition coefficient (Wildman–Crippen LogP) is 3.66. The van der Waals surface area contributed by atoms with Crippen molar-refractivity contribution in [3.63, 3.8) is 0 Å². The summed E-state index contributed by atoms with van der Waals surface area (Å²) in [6, 6.07) is 16.2. The van der Waals surface area contributed by atoms with Gasteiger partial charge in [-0.3, -0.25) is 9.78 Å². The Labute approximate surface area is 151 Å². The van der Waals surface area contributed by atoms with Crippen LogP contribution in [0, 0.1) is 5.82 Å². The topological polar surface area (TPSA) is 45.2 Å². The number of hydrogen-bond donors (Lipinski definition) is 1. The van der Waals surface area contributed by atoms with Gasteiger partial charge in [-0.25, -0.2) is 4.39 Å². The summed E-state index contributed by atoms with van der Waals surface area (Å²) in [6.45, 7) is 1.14. The van der Waals surface area contributed by atoms with Crippen LogP contribution in [0.2, 0.25) is 0 Å². The van der Waals surface area contributed by atoms with Crippen LogP contribution in [0.15, 0.2) is 60.8 Å². The summed E-state index contributed by atoms with van der Waals surface area (Å²) in [4.78, 5) is 18.7. The molecule has 3 aromatic rings. The van der Waals surface area contributed by atoms with Crippen molar-refractivity contribution in [3.8, 4) is 0 Å². The van der Waals surface area contributed by atoms with Crippen LogP contribution in [0.1, 0.15) is 18.4 Å². The fraction of sp³-hybridized carbons (Fsp3) is 0.238. The number of benzene rings is 2. The Bertz CT molecular complexity index is 943. The number of amides is 1. The molecule has 0 saturated carbocycles. The summed E-state index contributed by atoms with van der Waals surface area (Å²) < 4.78 is 14.1. The quantitative estimate of drug-likeness (QED) is 0.782. The van der Waals surface area contributed by atoms with E-state index in [0.29, 0.717) is 18.8 Å². The van der Waals surface area contributed by atoms with Gasteiger partial charge in [-0.15, -0.1) is 0 Å². The summed E-state index contributed by atoms with van der Waals surface area (Å²) in [7, 11) is 0. The van der Waals surface area contributed by atoms with Gasteiger partial charge < -0.3 is 10.2 Å². The molecular formula is C21H20FN3O. The minimum atomic E-state index is -0.358. The van der Waals surface area contributed by atoms with Gasteiger partial charge in [-0.1, -0.05) is 24.3 Å². The van der Waals surface area contributed by atoms with Crippen molar-refractivity contribution in [2.24, 2.45) is 0 Å². The Morgan fingerprint density at radius 3 is 2.92 bits per heavy atom. The Balaban J connectivity index is 1.47. The van der Waals surface area contributed by atoms with Gasteiger partial charge in [0.15, 0.2) is 0 Å². The molecule has 1 saturated heterocycles. The monoisotopic (exact) mass is 349 g/mol. The van der Waals surface area contributed by atoms with E-state index < -0.39 is 0 Å². The molecule has 0 bridgehead atoms. The number of nitrogens with zero attached hydrogens (tertiary/aromatic N) is 2. The molecule has 0 radical (unpaired) electrons. The maximum atomic E-state index is 14.1. The van der Waals surface area contributed by atoms with E-state index in [4.69, 9.17) is 0 Å². The molecule has 1 N–H and O–H groups in total. The van der Waals surface area contributed by atoms with Gasteiger partial charge in [0.1, 0.15) is 5.82 Å². The number of halogens is 1. The number of nitrogens with one attached hydrogen (secondary N) is 1. The molecular weight excluding hydrogens is 329 g/mol. The highest BCUT2D eigenvalue weighted by Crippen LogP contribution is 2.24. The third-order valence-corrected chi connectivity index (χ3v) is 4.80. The summed E-state index contributed by atoms with van der Waals surface area (Å²) in [5.41, 5.74) is 2.41. The van der Waals surface area contributed by atoms with Crippen molar-refractivity contribution in [1.29, 1.82) is 0 Å². The van der Waals surface area contributed by atoms with Gasteiger partial charge in [0.2, 0.25) is 5.91 Å². The first-order valence-corrected chi connectivity index (χ1v) is 8.85. The number of anilines is 1. The number of carbonyl (C=O) groups is 1. The smallest absolute Gasteiger partial charge is 0.244 e. The maximum Gasteiger partial charge on any atom is 0.244 e. The van der Waals surface area contributed by atoms with Crippen molar-refractivity contribution < 1.29 is 9.18 Å². The number of rotatable bonds is 4. The van der Waals surface area contributed by atoms with Crippen molar-refractivity contribution in [2.75, 3.05) is 11.4 Å². The standard InChI is InChI=1S/C21H20FN3O/c22-17-6-1-2-8-20(17)25-12-4-7-19(21(25)26)24-14-15-9-10-18-16(13-15)5-3-11-23-18/h1-3,5-6,8-11,13,19,24H,4,7,12,14H2/t19-/m0/s1. The molecule has 1 aliphatic heterocycles. The van der Waals surface area contributed by atoms with Gasteiger partial charge in [-0.2, -0.15) is 0 Å². The highest BCUT2D eigenvalue weighted by molar-refractivity contribution is 5.98. The van der Waals surface area contributed by atoms with E-state index in [0.717, 1.165) is 29.3 Å². The van der Waals surface area contributed by atoms with E-state index in [2.05, 4.69) is 16.4 Å². The number of aromatic nitrogens is 1. The first kappa shape index (κ1) is 16.7. The lowest BCUT2D eigenvalue weighted by Crippen LogP contribution is -2.50. The van der Waals surface area contributed by atoms with Crippen molar-refractivity contribution in [3.05, 3.63) is 72.2 Å². The molecule has 2 heterocycles. The second-order valence-electron chi connectivity index (χ2n) is 6.55. The van der Waals surface area contributed by atoms with Gasteiger partial charge in [-0.05, 0) is 48.7 Å². The Morgan fingerprint density at radius 1 is 1.15 bits per heavy atom. The average molecular weight is 349 g/mol. The second kappa shape index (κ2) is 7.22. The Hall–Kier alpha value is -2.79. The molecule has 4 nitrogen and oxygen atoms in total. The zero-order chi connectivity index (χ0) is 17.9. The second-order valence-corrected chi connectivity index (χ2v) is 6.55. The maximum absolute atomic E-state index is 14.1. The van der Waals surface area contributed by atoms with Gasteiger partial charge in [0.05, 0.1) is 17.2 Å². The molecule has 1 amide bonds. The largest absolute Gasteiger partial charge is 0.308 e. The van der Waals surface area contributed by atoms with Crippen LogP contribution in [0.4, 0.5) is 10.1 Å². The van der Waals surface area contributed by atoms with Gasteiger partial charge >= 0.3 is 0 Å². The van der Waals surface area contributed by atoms with Crippen LogP contribution in [0.25, 0.3) is 10.9 Å². The summed E-state index contributed by atoms with van der Waals surface area (Å²) in [5, 5.41) is 4.42. The Morgan fingerprint density at radius 2 is 2.04 bits per heavy atom. The molecule has 1 aliphatic rings. The molecule has 0 spiro atoms. The number of pyridine rings is 1. The molecule has 26 heavy (non-hydrogen) atoms. The zero-order valence-electron chi connectivity index (χ0n) is 14.4. The van der Waals surface area contributed by atoms with E-state index in [1.54, 1.807) is 29.3 Å². The summed E-state index contributed by atoms with van der Waals surface area (Å²) in [5.74, 6) is -0.424. The number of carbonyl (C=O) groups excluding carboxylic acids is 1. The minimum absolute atomic E-state index is 0.0659. The Kier molecular flexibility index (Phi) is 4.63. The third kappa shape index (κ3) is 3.30. The number of piperidine rings is 1. The lowest BCUT2D eigenvalue weighted by atomic mass is 10.0. The predicted molar refractivity (Wildman–Crippen MR) is 100 cm³/mol. The van der Waals surface area contributed by atoms with Crippen LogP contribution in [0.3, 0.4) is 0 Å². The van der Waals surface area contributed by atoms with Crippen LogP contribution in [0.5, 0.6) is 0 Å². The zero-order valence-corrected chi connectivity index (χ0v) is 14.4. The van der Waals surface area contributed by atoms with Crippen molar-refractivity contribution in [2.45, 2.75) is 25.4 Å².